The lowest BCUT2D eigenvalue weighted by atomic mass is 9.84. The van der Waals surface area contributed by atoms with Gasteiger partial charge in [-0.15, -0.1) is 0 Å². The Kier molecular flexibility index (Phi) is 11.2. The van der Waals surface area contributed by atoms with Gasteiger partial charge in [-0.1, -0.05) is 26.7 Å². The van der Waals surface area contributed by atoms with E-state index in [9.17, 15) is 13.2 Å². The Balaban J connectivity index is 0.00000176. The lowest BCUT2D eigenvalue weighted by Crippen LogP contribution is -2.60. The fourth-order valence-electron chi connectivity index (χ4n) is 4.39. The molecule has 1 saturated carbocycles. The van der Waals surface area contributed by atoms with Crippen LogP contribution in [0.25, 0.3) is 0 Å². The first kappa shape index (κ1) is 24.7. The average Bonchev–Trinajstić information content (AvgIpc) is 2.66. The second-order valence-corrected chi connectivity index (χ2v) is 8.06. The molecule has 0 N–H and O–H groups in total. The van der Waals surface area contributed by atoms with Crippen molar-refractivity contribution in [3.05, 3.63) is 0 Å². The van der Waals surface area contributed by atoms with Gasteiger partial charge in [-0.05, 0) is 58.4 Å². The van der Waals surface area contributed by atoms with E-state index < -0.39 is 12.2 Å². The number of unbranched alkanes of at least 4 members (excludes halogenated alkanes) is 1. The Hall–Kier alpha value is -0.330. The molecule has 0 radical (unpaired) electrons. The lowest BCUT2D eigenvalue weighted by Gasteiger charge is -2.44. The third-order valence-electron chi connectivity index (χ3n) is 6.01. The van der Waals surface area contributed by atoms with Crippen LogP contribution in [0.2, 0.25) is 0 Å². The molecule has 0 aromatic rings. The SMILES string of the molecule is CC.COC1CCC(CCCCN2CCN(C(C)C)C(C(F)(F)F)C2)CC1. The predicted octanol–water partition coefficient (Wildman–Crippen LogP) is 5.35. The number of hydrogen-bond acceptors (Lipinski definition) is 3. The van der Waals surface area contributed by atoms with Gasteiger partial charge in [0.15, 0.2) is 0 Å². The maximum absolute atomic E-state index is 13.3. The minimum absolute atomic E-state index is 0.0593. The summed E-state index contributed by atoms with van der Waals surface area (Å²) in [6.07, 6.45) is 4.45. The molecule has 162 valence electrons. The van der Waals surface area contributed by atoms with E-state index in [1.54, 1.807) is 12.0 Å². The van der Waals surface area contributed by atoms with Crippen molar-refractivity contribution < 1.29 is 17.9 Å². The molecule has 1 aliphatic heterocycles. The number of alkyl halides is 3. The molecular weight excluding hydrogens is 353 g/mol. The molecule has 0 bridgehead atoms. The van der Waals surface area contributed by atoms with Crippen molar-refractivity contribution in [3.63, 3.8) is 0 Å². The van der Waals surface area contributed by atoms with Crippen molar-refractivity contribution in [2.75, 3.05) is 33.3 Å². The van der Waals surface area contributed by atoms with E-state index in [4.69, 9.17) is 4.74 Å². The monoisotopic (exact) mass is 394 g/mol. The van der Waals surface area contributed by atoms with Gasteiger partial charge in [0.05, 0.1) is 6.10 Å². The molecule has 1 aliphatic carbocycles. The van der Waals surface area contributed by atoms with Crippen LogP contribution in [0, 0.1) is 5.92 Å². The fourth-order valence-corrected chi connectivity index (χ4v) is 4.39. The van der Waals surface area contributed by atoms with Crippen molar-refractivity contribution in [1.82, 2.24) is 9.80 Å². The zero-order valence-electron chi connectivity index (χ0n) is 18.0. The highest BCUT2D eigenvalue weighted by atomic mass is 19.4. The number of nitrogens with zero attached hydrogens (tertiary/aromatic N) is 2. The van der Waals surface area contributed by atoms with Crippen LogP contribution in [0.1, 0.15) is 72.6 Å². The van der Waals surface area contributed by atoms with Crippen LogP contribution >= 0.6 is 0 Å². The molecule has 0 aromatic carbocycles. The molecule has 2 aliphatic rings. The molecule has 2 rings (SSSR count). The first-order chi connectivity index (χ1) is 12.8. The van der Waals surface area contributed by atoms with Crippen LogP contribution in [-0.2, 0) is 4.74 Å². The standard InChI is InChI=1S/C19H35F3N2O.C2H6/c1-15(2)24-13-12-23(14-18(24)19(20,21)22)11-5-4-6-16-7-9-17(25-3)10-8-16;1-2/h15-18H,4-14H2,1-3H3;1-2H3. The second kappa shape index (κ2) is 12.3. The molecule has 3 nitrogen and oxygen atoms in total. The third-order valence-corrected chi connectivity index (χ3v) is 6.01. The molecule has 2 fully saturated rings. The molecule has 27 heavy (non-hydrogen) atoms. The number of rotatable bonds is 7. The van der Waals surface area contributed by atoms with Gasteiger partial charge in [0.25, 0.3) is 0 Å². The predicted molar refractivity (Wildman–Crippen MR) is 106 cm³/mol. The van der Waals surface area contributed by atoms with Crippen LogP contribution in [-0.4, -0.2) is 67.5 Å². The van der Waals surface area contributed by atoms with Crippen LogP contribution < -0.4 is 0 Å². The van der Waals surface area contributed by atoms with Crippen LogP contribution in [0.3, 0.4) is 0 Å². The summed E-state index contributed by atoms with van der Waals surface area (Å²) in [5.74, 6) is 0.784. The highest BCUT2D eigenvalue weighted by Crippen LogP contribution is 2.31. The maximum Gasteiger partial charge on any atom is 0.405 e. The Labute approximate surface area is 164 Å². The highest BCUT2D eigenvalue weighted by Gasteiger charge is 2.46. The lowest BCUT2D eigenvalue weighted by molar-refractivity contribution is -0.202. The summed E-state index contributed by atoms with van der Waals surface area (Å²) in [6.45, 7) is 9.90. The van der Waals surface area contributed by atoms with E-state index in [2.05, 4.69) is 0 Å². The van der Waals surface area contributed by atoms with Gasteiger partial charge in [-0.2, -0.15) is 13.2 Å². The fraction of sp³-hybridized carbons (Fsp3) is 1.00. The molecule has 6 heteroatoms. The zero-order chi connectivity index (χ0) is 20.4. The Bertz CT molecular complexity index is 382. The van der Waals surface area contributed by atoms with Crippen LogP contribution in [0.15, 0.2) is 0 Å². The number of halogens is 3. The van der Waals surface area contributed by atoms with Gasteiger partial charge >= 0.3 is 6.18 Å². The Morgan fingerprint density at radius 3 is 2.15 bits per heavy atom. The first-order valence-corrected chi connectivity index (χ1v) is 10.9. The molecular formula is C21H41F3N2O. The van der Waals surface area contributed by atoms with Gasteiger partial charge in [0.1, 0.15) is 6.04 Å². The summed E-state index contributed by atoms with van der Waals surface area (Å²) in [4.78, 5) is 3.61. The van der Waals surface area contributed by atoms with E-state index in [0.717, 1.165) is 44.7 Å². The molecule has 0 aromatic heterocycles. The number of piperazine rings is 1. The van der Waals surface area contributed by atoms with Gasteiger partial charge < -0.3 is 9.64 Å². The molecule has 0 spiro atoms. The maximum atomic E-state index is 13.3. The molecule has 1 unspecified atom stereocenters. The molecule has 1 saturated heterocycles. The summed E-state index contributed by atoms with van der Waals surface area (Å²) >= 11 is 0. The normalized spacial score (nSPS) is 28.1. The van der Waals surface area contributed by atoms with E-state index in [0.29, 0.717) is 12.6 Å². The summed E-state index contributed by atoms with van der Waals surface area (Å²) < 4.78 is 45.4. The Morgan fingerprint density at radius 2 is 1.63 bits per heavy atom. The van der Waals surface area contributed by atoms with Crippen molar-refractivity contribution in [3.8, 4) is 0 Å². The number of hydrogen-bond donors (Lipinski definition) is 0. The average molecular weight is 395 g/mol. The van der Waals surface area contributed by atoms with Gasteiger partial charge in [0.2, 0.25) is 0 Å². The van der Waals surface area contributed by atoms with Crippen molar-refractivity contribution >= 4 is 0 Å². The Morgan fingerprint density at radius 1 is 1.00 bits per heavy atom. The quantitative estimate of drug-likeness (QED) is 0.542. The smallest absolute Gasteiger partial charge is 0.381 e. The minimum Gasteiger partial charge on any atom is -0.381 e. The van der Waals surface area contributed by atoms with Crippen molar-refractivity contribution in [2.24, 2.45) is 5.92 Å². The van der Waals surface area contributed by atoms with Gasteiger partial charge in [-0.25, -0.2) is 0 Å². The van der Waals surface area contributed by atoms with Gasteiger partial charge in [0, 0.05) is 32.8 Å². The van der Waals surface area contributed by atoms with Crippen molar-refractivity contribution in [2.45, 2.75) is 97.0 Å². The van der Waals surface area contributed by atoms with Crippen molar-refractivity contribution in [1.29, 1.82) is 0 Å². The van der Waals surface area contributed by atoms with E-state index in [-0.39, 0.29) is 12.6 Å². The summed E-state index contributed by atoms with van der Waals surface area (Å²) in [5, 5.41) is 0. The molecule has 1 heterocycles. The van der Waals surface area contributed by atoms with Gasteiger partial charge in [-0.3, -0.25) is 4.90 Å². The summed E-state index contributed by atoms with van der Waals surface area (Å²) in [6, 6.07) is -1.37. The summed E-state index contributed by atoms with van der Waals surface area (Å²) in [7, 11) is 1.79. The molecule has 1 atom stereocenters. The highest BCUT2D eigenvalue weighted by molar-refractivity contribution is 4.88. The van der Waals surface area contributed by atoms with E-state index >= 15 is 0 Å². The minimum atomic E-state index is -4.14. The number of methoxy groups -OCH3 is 1. The largest absolute Gasteiger partial charge is 0.405 e. The number of ether oxygens (including phenoxy) is 1. The van der Waals surface area contributed by atoms with Crippen LogP contribution in [0.4, 0.5) is 13.2 Å². The zero-order valence-corrected chi connectivity index (χ0v) is 18.0. The second-order valence-electron chi connectivity index (χ2n) is 8.06. The summed E-state index contributed by atoms with van der Waals surface area (Å²) in [5.41, 5.74) is 0. The molecule has 0 amide bonds. The topological polar surface area (TPSA) is 15.7 Å². The third kappa shape index (κ3) is 8.28. The van der Waals surface area contributed by atoms with Crippen LogP contribution in [0.5, 0.6) is 0 Å². The van der Waals surface area contributed by atoms with E-state index in [1.807, 2.05) is 32.6 Å². The van der Waals surface area contributed by atoms with E-state index in [1.165, 1.54) is 19.3 Å². The first-order valence-electron chi connectivity index (χ1n) is 10.9.